The van der Waals surface area contributed by atoms with Crippen molar-refractivity contribution in [3.05, 3.63) is 40.2 Å². The predicted octanol–water partition coefficient (Wildman–Crippen LogP) is 3.22. The molecule has 0 saturated carbocycles. The van der Waals surface area contributed by atoms with Crippen LogP contribution in [0, 0.1) is 12.8 Å². The van der Waals surface area contributed by atoms with Gasteiger partial charge in [0.2, 0.25) is 0 Å². The SMILES string of the molecule is Cc1cccc(C(=O)Nc2nc3c(s2)C[C@@H](C)CC3)n1. The lowest BCUT2D eigenvalue weighted by molar-refractivity contribution is 0.102. The maximum Gasteiger partial charge on any atom is 0.276 e. The van der Waals surface area contributed by atoms with E-state index < -0.39 is 0 Å². The van der Waals surface area contributed by atoms with E-state index in [2.05, 4.69) is 22.2 Å². The molecule has 3 rings (SSSR count). The second-order valence-electron chi connectivity index (χ2n) is 5.36. The van der Waals surface area contributed by atoms with Crippen LogP contribution in [0.4, 0.5) is 5.13 Å². The second kappa shape index (κ2) is 5.32. The second-order valence-corrected chi connectivity index (χ2v) is 6.44. The van der Waals surface area contributed by atoms with Crippen molar-refractivity contribution in [3.63, 3.8) is 0 Å². The predicted molar refractivity (Wildman–Crippen MR) is 80.2 cm³/mol. The molecule has 4 nitrogen and oxygen atoms in total. The van der Waals surface area contributed by atoms with E-state index in [9.17, 15) is 4.79 Å². The smallest absolute Gasteiger partial charge is 0.276 e. The van der Waals surface area contributed by atoms with Gasteiger partial charge in [0.15, 0.2) is 5.13 Å². The van der Waals surface area contributed by atoms with Gasteiger partial charge in [-0.3, -0.25) is 10.1 Å². The van der Waals surface area contributed by atoms with Crippen molar-refractivity contribution in [3.8, 4) is 0 Å². The van der Waals surface area contributed by atoms with E-state index in [1.165, 1.54) is 11.3 Å². The van der Waals surface area contributed by atoms with Crippen LogP contribution >= 0.6 is 11.3 Å². The van der Waals surface area contributed by atoms with Crippen molar-refractivity contribution in [2.24, 2.45) is 5.92 Å². The summed E-state index contributed by atoms with van der Waals surface area (Å²) in [6.07, 6.45) is 3.28. The molecule has 0 fully saturated rings. The molecule has 20 heavy (non-hydrogen) atoms. The van der Waals surface area contributed by atoms with E-state index in [1.807, 2.05) is 19.1 Å². The Labute approximate surface area is 122 Å². The van der Waals surface area contributed by atoms with Crippen molar-refractivity contribution >= 4 is 22.4 Å². The zero-order chi connectivity index (χ0) is 14.1. The lowest BCUT2D eigenvalue weighted by Gasteiger charge is -2.15. The molecule has 0 aliphatic heterocycles. The summed E-state index contributed by atoms with van der Waals surface area (Å²) < 4.78 is 0. The average Bonchev–Trinajstić information content (AvgIpc) is 2.80. The van der Waals surface area contributed by atoms with Crippen LogP contribution in [0.5, 0.6) is 0 Å². The number of rotatable bonds is 2. The number of anilines is 1. The first-order chi connectivity index (χ1) is 9.61. The maximum atomic E-state index is 12.1. The summed E-state index contributed by atoms with van der Waals surface area (Å²) in [6.45, 7) is 4.14. The van der Waals surface area contributed by atoms with Gasteiger partial charge in [0.1, 0.15) is 5.69 Å². The van der Waals surface area contributed by atoms with Crippen LogP contribution < -0.4 is 5.32 Å². The number of aryl methyl sites for hydroxylation is 2. The van der Waals surface area contributed by atoms with Gasteiger partial charge in [-0.05, 0) is 44.2 Å². The Balaban J connectivity index is 1.77. The third-order valence-electron chi connectivity index (χ3n) is 3.53. The van der Waals surface area contributed by atoms with Crippen molar-refractivity contribution < 1.29 is 4.79 Å². The van der Waals surface area contributed by atoms with E-state index in [0.717, 1.165) is 24.2 Å². The molecule has 0 spiro atoms. The van der Waals surface area contributed by atoms with Crippen molar-refractivity contribution in [2.45, 2.75) is 33.1 Å². The maximum absolute atomic E-state index is 12.1. The van der Waals surface area contributed by atoms with Crippen LogP contribution in [0.2, 0.25) is 0 Å². The lowest BCUT2D eigenvalue weighted by Crippen LogP contribution is -2.14. The molecule has 1 aliphatic rings. The minimum absolute atomic E-state index is 0.187. The molecule has 0 radical (unpaired) electrons. The number of carbonyl (C=O) groups is 1. The largest absolute Gasteiger partial charge is 0.296 e. The van der Waals surface area contributed by atoms with Crippen molar-refractivity contribution in [1.82, 2.24) is 9.97 Å². The van der Waals surface area contributed by atoms with Gasteiger partial charge in [-0.2, -0.15) is 0 Å². The normalized spacial score (nSPS) is 17.6. The molecule has 104 valence electrons. The molecule has 1 N–H and O–H groups in total. The van der Waals surface area contributed by atoms with Crippen molar-refractivity contribution in [2.75, 3.05) is 5.32 Å². The van der Waals surface area contributed by atoms with Crippen LogP contribution in [0.15, 0.2) is 18.2 Å². The first-order valence-corrected chi connectivity index (χ1v) is 7.67. The van der Waals surface area contributed by atoms with Crippen LogP contribution in [0.25, 0.3) is 0 Å². The van der Waals surface area contributed by atoms with Crippen molar-refractivity contribution in [1.29, 1.82) is 0 Å². The standard InChI is InChI=1S/C15H17N3OS/c1-9-6-7-11-13(8-9)20-15(17-11)18-14(19)12-5-3-4-10(2)16-12/h3-5,9H,6-8H2,1-2H3,(H,17,18,19)/t9-/m0/s1. The molecule has 2 aromatic rings. The summed E-state index contributed by atoms with van der Waals surface area (Å²) >= 11 is 1.60. The highest BCUT2D eigenvalue weighted by Crippen LogP contribution is 2.32. The first kappa shape index (κ1) is 13.2. The van der Waals surface area contributed by atoms with Gasteiger partial charge in [-0.15, -0.1) is 11.3 Å². The topological polar surface area (TPSA) is 54.9 Å². The molecule has 0 saturated heterocycles. The molecule has 2 aromatic heterocycles. The highest BCUT2D eigenvalue weighted by atomic mass is 32.1. The molecule has 1 amide bonds. The number of aromatic nitrogens is 2. The van der Waals surface area contributed by atoms with Crippen LogP contribution in [0.3, 0.4) is 0 Å². The fraction of sp³-hybridized carbons (Fsp3) is 0.400. The van der Waals surface area contributed by atoms with Gasteiger partial charge in [-0.25, -0.2) is 9.97 Å². The van der Waals surface area contributed by atoms with E-state index in [0.29, 0.717) is 16.7 Å². The summed E-state index contributed by atoms with van der Waals surface area (Å²) in [5.41, 5.74) is 2.43. The Morgan fingerprint density at radius 2 is 2.25 bits per heavy atom. The first-order valence-electron chi connectivity index (χ1n) is 6.85. The molecule has 1 atom stereocenters. The molecular formula is C15H17N3OS. The molecule has 0 aromatic carbocycles. The van der Waals surface area contributed by atoms with Gasteiger partial charge < -0.3 is 0 Å². The fourth-order valence-electron chi connectivity index (χ4n) is 2.42. The Morgan fingerprint density at radius 3 is 3.05 bits per heavy atom. The number of nitrogens with one attached hydrogen (secondary N) is 1. The number of hydrogen-bond donors (Lipinski definition) is 1. The van der Waals surface area contributed by atoms with Crippen LogP contribution in [0.1, 0.15) is 40.1 Å². The third-order valence-corrected chi connectivity index (χ3v) is 4.56. The molecule has 5 heteroatoms. The quantitative estimate of drug-likeness (QED) is 0.922. The summed E-state index contributed by atoms with van der Waals surface area (Å²) in [4.78, 5) is 22.2. The minimum Gasteiger partial charge on any atom is -0.296 e. The van der Waals surface area contributed by atoms with E-state index >= 15 is 0 Å². The van der Waals surface area contributed by atoms with Gasteiger partial charge in [-0.1, -0.05) is 13.0 Å². The Kier molecular flexibility index (Phi) is 3.53. The van der Waals surface area contributed by atoms with Gasteiger partial charge in [0, 0.05) is 10.6 Å². The van der Waals surface area contributed by atoms with Gasteiger partial charge >= 0.3 is 0 Å². The number of thiazole rings is 1. The number of carbonyl (C=O) groups excluding carboxylic acids is 1. The van der Waals surface area contributed by atoms with E-state index in [1.54, 1.807) is 17.4 Å². The Bertz CT molecular complexity index is 650. The summed E-state index contributed by atoms with van der Waals surface area (Å²) in [7, 11) is 0. The minimum atomic E-state index is -0.187. The summed E-state index contributed by atoms with van der Waals surface area (Å²) in [5.74, 6) is 0.526. The summed E-state index contributed by atoms with van der Waals surface area (Å²) in [6, 6.07) is 5.43. The number of amides is 1. The number of fused-ring (bicyclic) bond motifs is 1. The Morgan fingerprint density at radius 1 is 1.40 bits per heavy atom. The molecule has 2 heterocycles. The Hall–Kier alpha value is -1.75. The third kappa shape index (κ3) is 2.72. The average molecular weight is 287 g/mol. The number of nitrogens with zero attached hydrogens (tertiary/aromatic N) is 2. The van der Waals surface area contributed by atoms with E-state index in [4.69, 9.17) is 0 Å². The molecule has 1 aliphatic carbocycles. The van der Waals surface area contributed by atoms with Crippen LogP contribution in [-0.4, -0.2) is 15.9 Å². The molecule has 0 unspecified atom stereocenters. The van der Waals surface area contributed by atoms with E-state index in [-0.39, 0.29) is 5.91 Å². The van der Waals surface area contributed by atoms with Crippen LogP contribution in [-0.2, 0) is 12.8 Å². The fourth-order valence-corrected chi connectivity index (χ4v) is 3.59. The number of pyridine rings is 1. The highest BCUT2D eigenvalue weighted by Gasteiger charge is 2.20. The van der Waals surface area contributed by atoms with Gasteiger partial charge in [0.05, 0.1) is 5.69 Å². The zero-order valence-corrected chi connectivity index (χ0v) is 12.5. The number of hydrogen-bond acceptors (Lipinski definition) is 4. The van der Waals surface area contributed by atoms with Gasteiger partial charge in [0.25, 0.3) is 5.91 Å². The lowest BCUT2D eigenvalue weighted by atomic mass is 9.93. The monoisotopic (exact) mass is 287 g/mol. The molecular weight excluding hydrogens is 270 g/mol. The zero-order valence-electron chi connectivity index (χ0n) is 11.6. The molecule has 0 bridgehead atoms. The summed E-state index contributed by atoms with van der Waals surface area (Å²) in [5, 5.41) is 3.56. The highest BCUT2D eigenvalue weighted by molar-refractivity contribution is 7.15.